The predicted octanol–water partition coefficient (Wildman–Crippen LogP) is 2.70. The molecule has 0 aromatic carbocycles. The van der Waals surface area contributed by atoms with Crippen molar-refractivity contribution in [1.82, 2.24) is 19.9 Å². The van der Waals surface area contributed by atoms with E-state index >= 15 is 0 Å². The van der Waals surface area contributed by atoms with Crippen molar-refractivity contribution in [2.24, 2.45) is 5.92 Å². The van der Waals surface area contributed by atoms with Crippen LogP contribution in [0, 0.1) is 5.92 Å². The molecule has 1 amide bonds. The van der Waals surface area contributed by atoms with E-state index in [1.807, 2.05) is 23.1 Å². The van der Waals surface area contributed by atoms with Crippen molar-refractivity contribution >= 4 is 5.91 Å². The Morgan fingerprint density at radius 1 is 1.18 bits per heavy atom. The van der Waals surface area contributed by atoms with E-state index in [9.17, 15) is 9.59 Å². The molecule has 7 heteroatoms. The molecule has 1 aliphatic heterocycles. The van der Waals surface area contributed by atoms with Crippen LogP contribution in [0.25, 0.3) is 11.4 Å². The van der Waals surface area contributed by atoms with E-state index in [2.05, 4.69) is 15.0 Å². The van der Waals surface area contributed by atoms with E-state index < -0.39 is 0 Å². The van der Waals surface area contributed by atoms with Crippen molar-refractivity contribution in [1.29, 1.82) is 0 Å². The molecule has 0 unspecified atom stereocenters. The largest absolute Gasteiger partial charge is 0.381 e. The molecule has 1 atom stereocenters. The highest BCUT2D eigenvalue weighted by molar-refractivity contribution is 5.79. The number of aromatic nitrogens is 3. The summed E-state index contributed by atoms with van der Waals surface area (Å²) >= 11 is 0. The molecule has 0 radical (unpaired) electrons. The highest BCUT2D eigenvalue weighted by Crippen LogP contribution is 2.35. The molecule has 28 heavy (non-hydrogen) atoms. The summed E-state index contributed by atoms with van der Waals surface area (Å²) in [4.78, 5) is 39.1. The Hall–Kier alpha value is -2.54. The lowest BCUT2D eigenvalue weighted by molar-refractivity contribution is -0.138. The van der Waals surface area contributed by atoms with Gasteiger partial charge in [0, 0.05) is 31.8 Å². The minimum Gasteiger partial charge on any atom is -0.381 e. The summed E-state index contributed by atoms with van der Waals surface area (Å²) in [7, 11) is 1.74. The molecule has 0 bridgehead atoms. The first-order valence-corrected chi connectivity index (χ1v) is 10.0. The molecule has 2 aliphatic rings. The van der Waals surface area contributed by atoms with Gasteiger partial charge < -0.3 is 14.6 Å². The summed E-state index contributed by atoms with van der Waals surface area (Å²) in [5.74, 6) is 0.783. The average Bonchev–Trinajstić information content (AvgIpc) is 3.23. The number of H-pyrrole nitrogens is 1. The van der Waals surface area contributed by atoms with Crippen LogP contribution >= 0.6 is 0 Å². The highest BCUT2D eigenvalue weighted by atomic mass is 16.5. The lowest BCUT2D eigenvalue weighted by Gasteiger charge is -2.32. The normalized spacial score (nSPS) is 25.0. The van der Waals surface area contributed by atoms with Crippen molar-refractivity contribution in [2.45, 2.75) is 50.7 Å². The summed E-state index contributed by atoms with van der Waals surface area (Å²) in [6, 6.07) is 6.81. The Morgan fingerprint density at radius 2 is 2.00 bits per heavy atom. The second-order valence-corrected chi connectivity index (χ2v) is 7.63. The maximum atomic E-state index is 13.2. The first-order valence-electron chi connectivity index (χ1n) is 10.0. The number of hydrogen-bond donors (Lipinski definition) is 1. The van der Waals surface area contributed by atoms with E-state index in [-0.39, 0.29) is 29.5 Å². The number of aromatic amines is 1. The Balaban J connectivity index is 1.56. The quantitative estimate of drug-likeness (QED) is 0.878. The minimum atomic E-state index is -0.217. The van der Waals surface area contributed by atoms with Crippen molar-refractivity contribution < 1.29 is 9.53 Å². The fourth-order valence-corrected chi connectivity index (χ4v) is 4.37. The number of ether oxygens (including phenoxy) is 1. The van der Waals surface area contributed by atoms with E-state index in [1.165, 1.54) is 6.07 Å². The number of nitrogens with zero attached hydrogens (tertiary/aromatic N) is 3. The third-order valence-corrected chi connectivity index (χ3v) is 5.90. The summed E-state index contributed by atoms with van der Waals surface area (Å²) in [5.41, 5.74) is 0.980. The van der Waals surface area contributed by atoms with Crippen LogP contribution in [0.15, 0.2) is 35.3 Å². The van der Waals surface area contributed by atoms with E-state index in [1.54, 1.807) is 13.3 Å². The average molecular weight is 382 g/mol. The molecule has 1 saturated heterocycles. The van der Waals surface area contributed by atoms with Gasteiger partial charge in [0.05, 0.1) is 23.5 Å². The molecule has 1 saturated carbocycles. The highest BCUT2D eigenvalue weighted by Gasteiger charge is 2.37. The maximum absolute atomic E-state index is 13.2. The number of hydrogen-bond acceptors (Lipinski definition) is 5. The van der Waals surface area contributed by atoms with Gasteiger partial charge in [0.25, 0.3) is 5.56 Å². The molecule has 3 heterocycles. The number of pyridine rings is 1. The van der Waals surface area contributed by atoms with E-state index in [0.29, 0.717) is 23.8 Å². The van der Waals surface area contributed by atoms with Gasteiger partial charge in [-0.25, -0.2) is 4.98 Å². The number of amides is 1. The number of rotatable bonds is 4. The molecular weight excluding hydrogens is 356 g/mol. The molecule has 2 fully saturated rings. The predicted molar refractivity (Wildman–Crippen MR) is 105 cm³/mol. The Bertz CT molecular complexity index is 875. The number of carbonyl (C=O) groups is 1. The van der Waals surface area contributed by atoms with Gasteiger partial charge in [0.1, 0.15) is 5.82 Å². The molecule has 1 N–H and O–H groups in total. The topological polar surface area (TPSA) is 88.2 Å². The smallest absolute Gasteiger partial charge is 0.251 e. The lowest BCUT2D eigenvalue weighted by Crippen LogP contribution is -2.39. The fourth-order valence-electron chi connectivity index (χ4n) is 4.37. The van der Waals surface area contributed by atoms with Crippen molar-refractivity contribution in [3.8, 4) is 11.4 Å². The third-order valence-electron chi connectivity index (χ3n) is 5.90. The van der Waals surface area contributed by atoms with Crippen LogP contribution in [0.2, 0.25) is 0 Å². The molecule has 4 rings (SSSR count). The molecule has 1 aliphatic carbocycles. The lowest BCUT2D eigenvalue weighted by atomic mass is 9.86. The van der Waals surface area contributed by atoms with Crippen LogP contribution in [0.3, 0.4) is 0 Å². The van der Waals surface area contributed by atoms with Gasteiger partial charge >= 0.3 is 0 Å². The zero-order valence-electron chi connectivity index (χ0n) is 16.1. The van der Waals surface area contributed by atoms with Gasteiger partial charge in [-0.3, -0.25) is 14.6 Å². The van der Waals surface area contributed by atoms with Gasteiger partial charge in [-0.2, -0.15) is 0 Å². The second kappa shape index (κ2) is 8.22. The molecule has 2 aromatic rings. The SMILES string of the molecule is COC1CCC(C(=O)N2CCC[C@@H]2c2nc(-c3ccccn3)cc(=O)[nH]2)CC1. The van der Waals surface area contributed by atoms with Crippen molar-refractivity contribution in [3.63, 3.8) is 0 Å². The molecule has 2 aromatic heterocycles. The summed E-state index contributed by atoms with van der Waals surface area (Å²) in [6.07, 6.45) is 7.25. The van der Waals surface area contributed by atoms with Gasteiger partial charge in [-0.15, -0.1) is 0 Å². The van der Waals surface area contributed by atoms with E-state index in [4.69, 9.17) is 4.74 Å². The van der Waals surface area contributed by atoms with Crippen LogP contribution < -0.4 is 5.56 Å². The number of carbonyl (C=O) groups excluding carboxylic acids is 1. The summed E-state index contributed by atoms with van der Waals surface area (Å²) in [5, 5.41) is 0. The van der Waals surface area contributed by atoms with Crippen LogP contribution in [-0.4, -0.2) is 45.5 Å². The summed E-state index contributed by atoms with van der Waals surface area (Å²) < 4.78 is 5.42. The Labute approximate surface area is 164 Å². The number of nitrogens with one attached hydrogen (secondary N) is 1. The van der Waals surface area contributed by atoms with Gasteiger partial charge in [-0.1, -0.05) is 6.07 Å². The molecular formula is C21H26N4O3. The first-order chi connectivity index (χ1) is 13.7. The maximum Gasteiger partial charge on any atom is 0.251 e. The summed E-state index contributed by atoms with van der Waals surface area (Å²) in [6.45, 7) is 0.714. The van der Waals surface area contributed by atoms with Crippen LogP contribution in [0.5, 0.6) is 0 Å². The van der Waals surface area contributed by atoms with Crippen LogP contribution in [-0.2, 0) is 9.53 Å². The Kier molecular flexibility index (Phi) is 5.52. The monoisotopic (exact) mass is 382 g/mol. The molecule has 148 valence electrons. The first kappa shape index (κ1) is 18.8. The fraction of sp³-hybridized carbons (Fsp3) is 0.524. The van der Waals surface area contributed by atoms with Crippen molar-refractivity contribution in [2.75, 3.05) is 13.7 Å². The Morgan fingerprint density at radius 3 is 2.71 bits per heavy atom. The molecule has 7 nitrogen and oxygen atoms in total. The second-order valence-electron chi connectivity index (χ2n) is 7.63. The number of methoxy groups -OCH3 is 1. The minimum absolute atomic E-state index is 0.0395. The van der Waals surface area contributed by atoms with Gasteiger partial charge in [0.2, 0.25) is 5.91 Å². The zero-order chi connectivity index (χ0) is 19.5. The number of likely N-dealkylation sites (tertiary alicyclic amines) is 1. The van der Waals surface area contributed by atoms with E-state index in [0.717, 1.165) is 38.5 Å². The standard InChI is InChI=1S/C21H26N4O3/c1-28-15-9-7-14(8-10-15)21(27)25-12-4-6-18(25)20-23-17(13-19(26)24-20)16-5-2-3-11-22-16/h2-3,5,11,13-15,18H,4,6-10,12H2,1H3,(H,23,24,26)/t14?,15?,18-/m1/s1. The third kappa shape index (κ3) is 3.85. The van der Waals surface area contributed by atoms with Crippen molar-refractivity contribution in [3.05, 3.63) is 46.6 Å². The van der Waals surface area contributed by atoms with Crippen LogP contribution in [0.1, 0.15) is 50.4 Å². The molecule has 0 spiro atoms. The van der Waals surface area contributed by atoms with Crippen LogP contribution in [0.4, 0.5) is 0 Å². The van der Waals surface area contributed by atoms with Gasteiger partial charge in [0.15, 0.2) is 0 Å². The zero-order valence-corrected chi connectivity index (χ0v) is 16.1. The van der Waals surface area contributed by atoms with Gasteiger partial charge in [-0.05, 0) is 50.7 Å².